The van der Waals surface area contributed by atoms with Gasteiger partial charge in [0.1, 0.15) is 0 Å². The minimum atomic E-state index is 0.633. The normalized spacial score (nSPS) is 11.2. The molecule has 0 atom stereocenters. The summed E-state index contributed by atoms with van der Waals surface area (Å²) in [6.45, 7) is 0. The van der Waals surface area contributed by atoms with E-state index in [0.29, 0.717) is 17.5 Å². The number of aromatic nitrogens is 3. The van der Waals surface area contributed by atoms with E-state index in [1.54, 1.807) is 0 Å². The van der Waals surface area contributed by atoms with Crippen molar-refractivity contribution in [2.24, 2.45) is 0 Å². The summed E-state index contributed by atoms with van der Waals surface area (Å²) in [7, 11) is 0. The molecule has 0 unspecified atom stereocenters. The quantitative estimate of drug-likeness (QED) is 0.182. The molecule has 50 heavy (non-hydrogen) atoms. The Balaban J connectivity index is 1.21. The van der Waals surface area contributed by atoms with Gasteiger partial charge in [-0.1, -0.05) is 158 Å². The predicted molar refractivity (Wildman–Crippen MR) is 207 cm³/mol. The zero-order valence-corrected chi connectivity index (χ0v) is 27.2. The van der Waals surface area contributed by atoms with Crippen molar-refractivity contribution in [1.82, 2.24) is 15.0 Å². The summed E-state index contributed by atoms with van der Waals surface area (Å²) in [5.41, 5.74) is 9.74. The van der Waals surface area contributed by atoms with Crippen LogP contribution < -0.4 is 0 Å². The molecule has 0 aliphatic rings. The standard InChI is InChI=1S/C47H31N3/c1-3-13-32(14-4-1)36-20-11-22-39(27-36)45-48-46(50-47(49-45)41-26-25-34-17-7-8-18-35(34)28-41)40-23-12-21-38(29-40)44-31-42(33-15-5-2-6-16-33)30-37-19-9-10-24-43(37)44/h1-31H. The monoisotopic (exact) mass is 637 g/mol. The summed E-state index contributed by atoms with van der Waals surface area (Å²) >= 11 is 0. The zero-order chi connectivity index (χ0) is 33.3. The SMILES string of the molecule is c1ccc(-c2cccc(-c3nc(-c4cccc(-c5cc(-c6ccccc6)cc6ccccc56)c4)nc(-c4ccc5ccccc5c4)n3)c2)cc1. The highest BCUT2D eigenvalue weighted by atomic mass is 15.0. The van der Waals surface area contributed by atoms with Crippen molar-refractivity contribution in [3.05, 3.63) is 188 Å². The van der Waals surface area contributed by atoms with Gasteiger partial charge in [0, 0.05) is 16.7 Å². The molecule has 9 aromatic rings. The topological polar surface area (TPSA) is 38.7 Å². The van der Waals surface area contributed by atoms with Gasteiger partial charge in [-0.25, -0.2) is 15.0 Å². The molecule has 234 valence electrons. The summed E-state index contributed by atoms with van der Waals surface area (Å²) in [6, 6.07) is 65.9. The Morgan fingerprint density at radius 3 is 1.38 bits per heavy atom. The smallest absolute Gasteiger partial charge is 0.164 e. The molecule has 0 N–H and O–H groups in total. The maximum atomic E-state index is 5.14. The van der Waals surface area contributed by atoms with E-state index in [1.165, 1.54) is 32.8 Å². The Morgan fingerprint density at radius 2 is 0.700 bits per heavy atom. The zero-order valence-electron chi connectivity index (χ0n) is 27.2. The van der Waals surface area contributed by atoms with Gasteiger partial charge in [-0.15, -0.1) is 0 Å². The van der Waals surface area contributed by atoms with Crippen LogP contribution in [0.4, 0.5) is 0 Å². The van der Waals surface area contributed by atoms with E-state index in [-0.39, 0.29) is 0 Å². The second kappa shape index (κ2) is 12.7. The van der Waals surface area contributed by atoms with Crippen molar-refractivity contribution < 1.29 is 0 Å². The maximum Gasteiger partial charge on any atom is 0.164 e. The summed E-state index contributed by atoms with van der Waals surface area (Å²) in [6.07, 6.45) is 0. The fourth-order valence-electron chi connectivity index (χ4n) is 6.73. The third kappa shape index (κ3) is 5.72. The molecule has 0 fully saturated rings. The highest BCUT2D eigenvalue weighted by molar-refractivity contribution is 6.00. The average molecular weight is 638 g/mol. The van der Waals surface area contributed by atoms with Crippen molar-refractivity contribution in [2.45, 2.75) is 0 Å². The molecule has 0 aliphatic heterocycles. The van der Waals surface area contributed by atoms with Crippen molar-refractivity contribution in [2.75, 3.05) is 0 Å². The molecule has 0 saturated heterocycles. The first kappa shape index (κ1) is 29.4. The molecule has 8 aromatic carbocycles. The van der Waals surface area contributed by atoms with Gasteiger partial charge >= 0.3 is 0 Å². The number of hydrogen-bond acceptors (Lipinski definition) is 3. The van der Waals surface area contributed by atoms with Gasteiger partial charge < -0.3 is 0 Å². The lowest BCUT2D eigenvalue weighted by Gasteiger charge is -2.13. The lowest BCUT2D eigenvalue weighted by Crippen LogP contribution is -2.00. The Labute approximate surface area is 291 Å². The average Bonchev–Trinajstić information content (AvgIpc) is 3.21. The second-order valence-corrected chi connectivity index (χ2v) is 12.5. The van der Waals surface area contributed by atoms with Gasteiger partial charge in [0.2, 0.25) is 0 Å². The highest BCUT2D eigenvalue weighted by Crippen LogP contribution is 2.36. The lowest BCUT2D eigenvalue weighted by molar-refractivity contribution is 1.07. The van der Waals surface area contributed by atoms with E-state index < -0.39 is 0 Å². The molecular weight excluding hydrogens is 607 g/mol. The van der Waals surface area contributed by atoms with E-state index in [2.05, 4.69) is 182 Å². The Hall–Kier alpha value is -6.71. The van der Waals surface area contributed by atoms with Crippen molar-refractivity contribution in [1.29, 1.82) is 0 Å². The van der Waals surface area contributed by atoms with Gasteiger partial charge in [-0.3, -0.25) is 0 Å². The van der Waals surface area contributed by atoms with Gasteiger partial charge in [-0.05, 0) is 85.3 Å². The van der Waals surface area contributed by atoms with Crippen LogP contribution in [0.2, 0.25) is 0 Å². The van der Waals surface area contributed by atoms with Crippen LogP contribution in [0.1, 0.15) is 0 Å². The van der Waals surface area contributed by atoms with Gasteiger partial charge in [0.15, 0.2) is 17.5 Å². The third-order valence-electron chi connectivity index (χ3n) is 9.27. The fourth-order valence-corrected chi connectivity index (χ4v) is 6.73. The summed E-state index contributed by atoms with van der Waals surface area (Å²) in [5, 5.41) is 4.73. The molecule has 0 amide bonds. The van der Waals surface area contributed by atoms with Gasteiger partial charge in [0.05, 0.1) is 0 Å². The molecule has 0 spiro atoms. The third-order valence-corrected chi connectivity index (χ3v) is 9.27. The number of hydrogen-bond donors (Lipinski definition) is 0. The predicted octanol–water partition coefficient (Wildman–Crippen LogP) is 12.2. The minimum absolute atomic E-state index is 0.633. The lowest BCUT2D eigenvalue weighted by atomic mass is 9.92. The van der Waals surface area contributed by atoms with Crippen LogP contribution in [-0.4, -0.2) is 15.0 Å². The first-order chi connectivity index (χ1) is 24.7. The first-order valence-corrected chi connectivity index (χ1v) is 16.9. The van der Waals surface area contributed by atoms with Crippen LogP contribution >= 0.6 is 0 Å². The molecule has 9 rings (SSSR count). The molecule has 3 nitrogen and oxygen atoms in total. The van der Waals surface area contributed by atoms with Gasteiger partial charge in [-0.2, -0.15) is 0 Å². The molecular formula is C47H31N3. The Kier molecular flexibility index (Phi) is 7.49. The van der Waals surface area contributed by atoms with Crippen LogP contribution in [-0.2, 0) is 0 Å². The second-order valence-electron chi connectivity index (χ2n) is 12.5. The van der Waals surface area contributed by atoms with Crippen molar-refractivity contribution >= 4 is 21.5 Å². The number of nitrogens with zero attached hydrogens (tertiary/aromatic N) is 3. The highest BCUT2D eigenvalue weighted by Gasteiger charge is 2.15. The van der Waals surface area contributed by atoms with E-state index in [1.807, 2.05) is 6.07 Å². The van der Waals surface area contributed by atoms with Crippen LogP contribution in [0, 0.1) is 0 Å². The van der Waals surface area contributed by atoms with E-state index in [9.17, 15) is 0 Å². The molecule has 0 saturated carbocycles. The van der Waals surface area contributed by atoms with Crippen molar-refractivity contribution in [3.63, 3.8) is 0 Å². The number of fused-ring (bicyclic) bond motifs is 2. The number of rotatable bonds is 6. The first-order valence-electron chi connectivity index (χ1n) is 16.9. The molecule has 0 aliphatic carbocycles. The van der Waals surface area contributed by atoms with Crippen molar-refractivity contribution in [3.8, 4) is 67.5 Å². The Morgan fingerprint density at radius 1 is 0.240 bits per heavy atom. The fraction of sp³-hybridized carbons (Fsp3) is 0. The van der Waals surface area contributed by atoms with E-state index in [0.717, 1.165) is 38.8 Å². The minimum Gasteiger partial charge on any atom is -0.208 e. The van der Waals surface area contributed by atoms with Crippen LogP contribution in [0.25, 0.3) is 89.1 Å². The Bertz CT molecular complexity index is 2650. The maximum absolute atomic E-state index is 5.14. The summed E-state index contributed by atoms with van der Waals surface area (Å²) < 4.78 is 0. The summed E-state index contributed by atoms with van der Waals surface area (Å²) in [5.74, 6) is 1.91. The molecule has 0 radical (unpaired) electrons. The molecule has 0 bridgehead atoms. The van der Waals surface area contributed by atoms with Crippen LogP contribution in [0.15, 0.2) is 188 Å². The molecule has 1 aromatic heterocycles. The molecule has 3 heteroatoms. The number of benzene rings is 8. The van der Waals surface area contributed by atoms with Crippen LogP contribution in [0.3, 0.4) is 0 Å². The molecule has 1 heterocycles. The van der Waals surface area contributed by atoms with Gasteiger partial charge in [0.25, 0.3) is 0 Å². The van der Waals surface area contributed by atoms with Crippen LogP contribution in [0.5, 0.6) is 0 Å². The largest absolute Gasteiger partial charge is 0.208 e. The van der Waals surface area contributed by atoms with E-state index in [4.69, 9.17) is 15.0 Å². The van der Waals surface area contributed by atoms with E-state index >= 15 is 0 Å². The summed E-state index contributed by atoms with van der Waals surface area (Å²) in [4.78, 5) is 15.3.